The van der Waals surface area contributed by atoms with Gasteiger partial charge in [-0.15, -0.1) is 0 Å². The van der Waals surface area contributed by atoms with Gasteiger partial charge in [-0.2, -0.15) is 0 Å². The number of amides is 2. The van der Waals surface area contributed by atoms with Gasteiger partial charge in [0, 0.05) is 25.2 Å². The lowest BCUT2D eigenvalue weighted by atomic mass is 9.75. The first-order valence-corrected chi connectivity index (χ1v) is 8.20. The molecule has 2 amide bonds. The molecule has 1 aliphatic carbocycles. The summed E-state index contributed by atoms with van der Waals surface area (Å²) in [5.74, 6) is 0. The molecule has 1 saturated carbocycles. The Hall–Kier alpha value is -1.30. The standard InChI is InChI=1S/C16H22ClN3O2/c17-13-4-1-2-5-14(13)19-15(21)18-12-16(6-3-7-16)20-8-10-22-11-9-20/h1-2,4-5H,3,6-12H2,(H2,18,19,21). The highest BCUT2D eigenvalue weighted by Gasteiger charge is 2.42. The highest BCUT2D eigenvalue weighted by molar-refractivity contribution is 6.33. The summed E-state index contributed by atoms with van der Waals surface area (Å²) in [4.78, 5) is 14.6. The Kier molecular flexibility index (Phi) is 4.86. The van der Waals surface area contributed by atoms with E-state index in [0.29, 0.717) is 17.3 Å². The molecule has 1 aromatic rings. The summed E-state index contributed by atoms with van der Waals surface area (Å²) in [6.07, 6.45) is 3.50. The van der Waals surface area contributed by atoms with Crippen molar-refractivity contribution in [3.63, 3.8) is 0 Å². The SMILES string of the molecule is O=C(NCC1(N2CCOCC2)CCC1)Nc1ccccc1Cl. The van der Waals surface area contributed by atoms with Gasteiger partial charge in [-0.05, 0) is 31.4 Å². The number of morpholine rings is 1. The normalized spacial score (nSPS) is 21.0. The number of nitrogens with one attached hydrogen (secondary N) is 2. The van der Waals surface area contributed by atoms with Crippen LogP contribution in [0.25, 0.3) is 0 Å². The van der Waals surface area contributed by atoms with Gasteiger partial charge >= 0.3 is 6.03 Å². The molecule has 5 nitrogen and oxygen atoms in total. The molecule has 22 heavy (non-hydrogen) atoms. The zero-order valence-corrected chi connectivity index (χ0v) is 13.4. The molecule has 2 aliphatic rings. The minimum Gasteiger partial charge on any atom is -0.379 e. The van der Waals surface area contributed by atoms with Crippen LogP contribution >= 0.6 is 11.6 Å². The first kappa shape index (κ1) is 15.6. The second-order valence-electron chi connectivity index (χ2n) is 5.96. The summed E-state index contributed by atoms with van der Waals surface area (Å²) in [6.45, 7) is 4.14. The zero-order valence-electron chi connectivity index (χ0n) is 12.6. The van der Waals surface area contributed by atoms with E-state index in [9.17, 15) is 4.79 Å². The van der Waals surface area contributed by atoms with Crippen LogP contribution < -0.4 is 10.6 Å². The predicted molar refractivity (Wildman–Crippen MR) is 87.4 cm³/mol. The molecule has 1 saturated heterocycles. The van der Waals surface area contributed by atoms with Crippen molar-refractivity contribution in [1.29, 1.82) is 0 Å². The third-order valence-electron chi connectivity index (χ3n) is 4.67. The Morgan fingerprint density at radius 1 is 1.27 bits per heavy atom. The van der Waals surface area contributed by atoms with Crippen LogP contribution in [0.3, 0.4) is 0 Å². The van der Waals surface area contributed by atoms with E-state index in [0.717, 1.165) is 39.1 Å². The van der Waals surface area contributed by atoms with E-state index in [1.807, 2.05) is 12.1 Å². The number of anilines is 1. The molecule has 0 spiro atoms. The second kappa shape index (κ2) is 6.86. The van der Waals surface area contributed by atoms with E-state index < -0.39 is 0 Å². The number of para-hydroxylation sites is 1. The molecular formula is C16H22ClN3O2. The number of hydrogen-bond acceptors (Lipinski definition) is 3. The van der Waals surface area contributed by atoms with Gasteiger partial charge in [-0.25, -0.2) is 4.79 Å². The van der Waals surface area contributed by atoms with E-state index in [2.05, 4.69) is 15.5 Å². The number of hydrogen-bond donors (Lipinski definition) is 2. The smallest absolute Gasteiger partial charge is 0.319 e. The Morgan fingerprint density at radius 2 is 2.00 bits per heavy atom. The third kappa shape index (κ3) is 3.37. The van der Waals surface area contributed by atoms with Crippen molar-refractivity contribution < 1.29 is 9.53 Å². The summed E-state index contributed by atoms with van der Waals surface area (Å²) in [6, 6.07) is 7.05. The second-order valence-corrected chi connectivity index (χ2v) is 6.37. The van der Waals surface area contributed by atoms with Gasteiger partial charge in [0.15, 0.2) is 0 Å². The summed E-state index contributed by atoms with van der Waals surface area (Å²) < 4.78 is 5.43. The number of carbonyl (C=O) groups excluding carboxylic acids is 1. The summed E-state index contributed by atoms with van der Waals surface area (Å²) >= 11 is 6.05. The first-order valence-electron chi connectivity index (χ1n) is 7.82. The molecule has 0 radical (unpaired) electrons. The van der Waals surface area contributed by atoms with Gasteiger partial charge in [-0.1, -0.05) is 23.7 Å². The molecule has 1 aliphatic heterocycles. The maximum atomic E-state index is 12.1. The summed E-state index contributed by atoms with van der Waals surface area (Å²) in [5.41, 5.74) is 0.748. The zero-order chi connectivity index (χ0) is 15.4. The van der Waals surface area contributed by atoms with Crippen molar-refractivity contribution in [2.24, 2.45) is 0 Å². The van der Waals surface area contributed by atoms with E-state index >= 15 is 0 Å². The molecule has 3 rings (SSSR count). The highest BCUT2D eigenvalue weighted by Crippen LogP contribution is 2.37. The highest BCUT2D eigenvalue weighted by atomic mass is 35.5. The van der Waals surface area contributed by atoms with E-state index in [4.69, 9.17) is 16.3 Å². The summed E-state index contributed by atoms with van der Waals surface area (Å²) in [5, 5.41) is 6.36. The maximum Gasteiger partial charge on any atom is 0.319 e. The number of urea groups is 1. The monoisotopic (exact) mass is 323 g/mol. The number of rotatable bonds is 4. The van der Waals surface area contributed by atoms with E-state index in [1.165, 1.54) is 6.42 Å². The van der Waals surface area contributed by atoms with E-state index in [-0.39, 0.29) is 11.6 Å². The Morgan fingerprint density at radius 3 is 2.64 bits per heavy atom. The molecule has 1 heterocycles. The van der Waals surface area contributed by atoms with Crippen LogP contribution in [0.4, 0.5) is 10.5 Å². The lowest BCUT2D eigenvalue weighted by Crippen LogP contribution is -2.62. The van der Waals surface area contributed by atoms with Crippen molar-refractivity contribution in [1.82, 2.24) is 10.2 Å². The largest absolute Gasteiger partial charge is 0.379 e. The average Bonchev–Trinajstić information content (AvgIpc) is 2.50. The molecule has 0 atom stereocenters. The van der Waals surface area contributed by atoms with Gasteiger partial charge in [0.05, 0.1) is 23.9 Å². The van der Waals surface area contributed by atoms with Gasteiger partial charge in [0.1, 0.15) is 0 Å². The van der Waals surface area contributed by atoms with Crippen molar-refractivity contribution in [3.05, 3.63) is 29.3 Å². The molecule has 0 aromatic heterocycles. The van der Waals surface area contributed by atoms with Crippen molar-refractivity contribution >= 4 is 23.3 Å². The quantitative estimate of drug-likeness (QED) is 0.895. The van der Waals surface area contributed by atoms with Crippen LogP contribution in [0.1, 0.15) is 19.3 Å². The number of carbonyl (C=O) groups is 1. The lowest BCUT2D eigenvalue weighted by molar-refractivity contribution is -0.0535. The minimum atomic E-state index is -0.201. The van der Waals surface area contributed by atoms with Gasteiger partial charge < -0.3 is 15.4 Å². The fraction of sp³-hybridized carbons (Fsp3) is 0.562. The minimum absolute atomic E-state index is 0.113. The average molecular weight is 324 g/mol. The fourth-order valence-electron chi connectivity index (χ4n) is 3.20. The van der Waals surface area contributed by atoms with Crippen LogP contribution in [0.2, 0.25) is 5.02 Å². The summed E-state index contributed by atoms with van der Waals surface area (Å²) in [7, 11) is 0. The molecule has 1 aromatic carbocycles. The molecule has 2 fully saturated rings. The molecular weight excluding hydrogens is 302 g/mol. The third-order valence-corrected chi connectivity index (χ3v) is 5.00. The Labute approximate surface area is 136 Å². The molecule has 120 valence electrons. The van der Waals surface area contributed by atoms with Crippen LogP contribution in [-0.2, 0) is 4.74 Å². The molecule has 0 unspecified atom stereocenters. The topological polar surface area (TPSA) is 53.6 Å². The molecule has 2 N–H and O–H groups in total. The lowest BCUT2D eigenvalue weighted by Gasteiger charge is -2.51. The van der Waals surface area contributed by atoms with Gasteiger partial charge in [0.25, 0.3) is 0 Å². The van der Waals surface area contributed by atoms with Crippen molar-refractivity contribution in [3.8, 4) is 0 Å². The molecule has 6 heteroatoms. The Balaban J connectivity index is 1.54. The van der Waals surface area contributed by atoms with Crippen LogP contribution in [-0.4, -0.2) is 49.3 Å². The first-order chi connectivity index (χ1) is 10.7. The van der Waals surface area contributed by atoms with E-state index in [1.54, 1.807) is 12.1 Å². The number of nitrogens with zero attached hydrogens (tertiary/aromatic N) is 1. The fourth-order valence-corrected chi connectivity index (χ4v) is 3.38. The number of halogens is 1. The van der Waals surface area contributed by atoms with Gasteiger partial charge in [0.2, 0.25) is 0 Å². The maximum absolute atomic E-state index is 12.1. The van der Waals surface area contributed by atoms with Crippen molar-refractivity contribution in [2.45, 2.75) is 24.8 Å². The predicted octanol–water partition coefficient (Wildman–Crippen LogP) is 2.72. The van der Waals surface area contributed by atoms with Crippen LogP contribution in [0.15, 0.2) is 24.3 Å². The van der Waals surface area contributed by atoms with Crippen LogP contribution in [0, 0.1) is 0 Å². The van der Waals surface area contributed by atoms with Crippen LogP contribution in [0.5, 0.6) is 0 Å². The molecule has 0 bridgehead atoms. The van der Waals surface area contributed by atoms with Gasteiger partial charge in [-0.3, -0.25) is 4.90 Å². The Bertz CT molecular complexity index is 528. The van der Waals surface area contributed by atoms with Crippen molar-refractivity contribution in [2.75, 3.05) is 38.2 Å². The number of benzene rings is 1. The number of ether oxygens (including phenoxy) is 1.